The molecule has 3 heteroatoms. The monoisotopic (exact) mass is 424 g/mol. The van der Waals surface area contributed by atoms with E-state index in [2.05, 4.69) is 115 Å². The lowest BCUT2D eigenvalue weighted by atomic mass is 10.1. The van der Waals surface area contributed by atoms with E-state index in [1.807, 2.05) is 18.2 Å². The Kier molecular flexibility index (Phi) is 9.04. The molecule has 0 aliphatic heterocycles. The zero-order valence-electron chi connectivity index (χ0n) is 18.1. The number of hydrogen-bond donors (Lipinski definition) is 1. The fraction of sp³-hybridized carbons (Fsp3) is 0.107. The van der Waals surface area contributed by atoms with Crippen molar-refractivity contribution in [3.05, 3.63) is 126 Å². The second-order valence-corrected chi connectivity index (χ2v) is 8.63. The van der Waals surface area contributed by atoms with Crippen LogP contribution in [0.5, 0.6) is 0 Å². The molecular formula is C28H29N2P. The lowest BCUT2D eigenvalue weighted by Gasteiger charge is -2.08. The van der Waals surface area contributed by atoms with Crippen LogP contribution in [0.2, 0.25) is 0 Å². The van der Waals surface area contributed by atoms with E-state index in [4.69, 9.17) is 0 Å². The summed E-state index contributed by atoms with van der Waals surface area (Å²) < 4.78 is 0. The number of nitrogens with one attached hydrogen (secondary N) is 1. The molecule has 0 unspecified atom stereocenters. The smallest absolute Gasteiger partial charge is 0.0872 e. The number of rotatable bonds is 6. The highest BCUT2D eigenvalue weighted by molar-refractivity contribution is 7.55. The molecule has 0 atom stereocenters. The molecule has 0 spiro atoms. The highest BCUT2D eigenvalue weighted by Gasteiger charge is 1.98. The Morgan fingerprint density at radius 3 is 1.65 bits per heavy atom. The Labute approximate surface area is 187 Å². The van der Waals surface area contributed by atoms with Crippen LogP contribution in [0.15, 0.2) is 114 Å². The molecule has 4 aromatic rings. The van der Waals surface area contributed by atoms with Crippen LogP contribution in [-0.2, 0) is 6.54 Å². The molecule has 0 amide bonds. The Bertz CT molecular complexity index is 1000. The van der Waals surface area contributed by atoms with Crippen molar-refractivity contribution in [2.45, 2.75) is 20.4 Å². The number of nitrogens with zero attached hydrogens (tertiary/aromatic N) is 1. The molecule has 156 valence electrons. The summed E-state index contributed by atoms with van der Waals surface area (Å²) in [5.74, 6) is 0. The minimum Gasteiger partial charge on any atom is -0.346 e. The standard InChI is InChI=1S/C16H18N2.C12H11P/c1-13-7-6-8-14(2)16(13)18-12-17-11-15-9-4-3-5-10-15;1-3-7-11(8-4-1)13-12-9-5-2-6-10-12/h3-10,12H,11H2,1-2H3,(H,17,18);1-10,13H. The van der Waals surface area contributed by atoms with Crippen molar-refractivity contribution >= 4 is 31.2 Å². The molecule has 1 N–H and O–H groups in total. The molecule has 0 bridgehead atoms. The third kappa shape index (κ3) is 7.85. The number of aryl methyl sites for hydroxylation is 2. The van der Waals surface area contributed by atoms with Crippen LogP contribution in [0.25, 0.3) is 0 Å². The zero-order chi connectivity index (χ0) is 21.7. The topological polar surface area (TPSA) is 24.4 Å². The van der Waals surface area contributed by atoms with Crippen molar-refractivity contribution in [2.24, 2.45) is 4.99 Å². The number of hydrogen-bond acceptors (Lipinski definition) is 1. The van der Waals surface area contributed by atoms with Gasteiger partial charge in [-0.15, -0.1) is 0 Å². The second-order valence-electron chi connectivity index (χ2n) is 7.22. The number of benzene rings is 4. The minimum atomic E-state index is 0.707. The molecule has 2 nitrogen and oxygen atoms in total. The minimum absolute atomic E-state index is 0.707. The van der Waals surface area contributed by atoms with Gasteiger partial charge in [0, 0.05) is 5.69 Å². The summed E-state index contributed by atoms with van der Waals surface area (Å²) in [6.45, 7) is 4.90. The maximum Gasteiger partial charge on any atom is 0.0872 e. The Morgan fingerprint density at radius 2 is 1.13 bits per heavy atom. The Morgan fingerprint density at radius 1 is 0.645 bits per heavy atom. The van der Waals surface area contributed by atoms with Gasteiger partial charge >= 0.3 is 0 Å². The molecule has 31 heavy (non-hydrogen) atoms. The van der Waals surface area contributed by atoms with Gasteiger partial charge in [-0.25, -0.2) is 0 Å². The van der Waals surface area contributed by atoms with Gasteiger partial charge in [0.05, 0.1) is 12.9 Å². The number of aliphatic imine (C=N–C) groups is 1. The summed E-state index contributed by atoms with van der Waals surface area (Å²) in [5, 5.41) is 6.05. The van der Waals surface area contributed by atoms with Gasteiger partial charge in [0.25, 0.3) is 0 Å². The van der Waals surface area contributed by atoms with Crippen LogP contribution in [0, 0.1) is 13.8 Å². The molecule has 4 rings (SSSR count). The average molecular weight is 425 g/mol. The van der Waals surface area contributed by atoms with E-state index in [0.717, 1.165) is 14.3 Å². The van der Waals surface area contributed by atoms with Crippen molar-refractivity contribution < 1.29 is 0 Å². The first kappa shape index (κ1) is 22.5. The second kappa shape index (κ2) is 12.5. The summed E-state index contributed by atoms with van der Waals surface area (Å²) >= 11 is 0. The maximum atomic E-state index is 4.38. The summed E-state index contributed by atoms with van der Waals surface area (Å²) in [5.41, 5.74) is 4.84. The molecule has 0 heterocycles. The molecule has 0 fully saturated rings. The zero-order valence-corrected chi connectivity index (χ0v) is 19.1. The first-order valence-electron chi connectivity index (χ1n) is 10.4. The van der Waals surface area contributed by atoms with Gasteiger partial charge in [-0.1, -0.05) is 118 Å². The third-order valence-electron chi connectivity index (χ3n) is 4.73. The average Bonchev–Trinajstić information content (AvgIpc) is 2.81. The summed E-state index contributed by atoms with van der Waals surface area (Å²) in [4.78, 5) is 4.38. The summed E-state index contributed by atoms with van der Waals surface area (Å²) in [7, 11) is 0.777. The van der Waals surface area contributed by atoms with Crippen LogP contribution < -0.4 is 15.9 Å². The van der Waals surface area contributed by atoms with Crippen LogP contribution in [-0.4, -0.2) is 6.34 Å². The van der Waals surface area contributed by atoms with Gasteiger partial charge in [-0.3, -0.25) is 4.99 Å². The largest absolute Gasteiger partial charge is 0.346 e. The fourth-order valence-corrected chi connectivity index (χ4v) is 4.15. The molecule has 0 aromatic heterocycles. The first-order chi connectivity index (χ1) is 15.2. The maximum absolute atomic E-state index is 4.38. The summed E-state index contributed by atoms with van der Waals surface area (Å²) in [6.07, 6.45) is 1.78. The van der Waals surface area contributed by atoms with E-state index in [-0.39, 0.29) is 0 Å². The van der Waals surface area contributed by atoms with Gasteiger partial charge in [0.2, 0.25) is 0 Å². The van der Waals surface area contributed by atoms with Crippen molar-refractivity contribution in [2.75, 3.05) is 5.32 Å². The molecular weight excluding hydrogens is 395 g/mol. The Hall–Kier alpha value is -3.22. The van der Waals surface area contributed by atoms with Crippen LogP contribution in [0.1, 0.15) is 16.7 Å². The lowest BCUT2D eigenvalue weighted by Crippen LogP contribution is -2.01. The lowest BCUT2D eigenvalue weighted by molar-refractivity contribution is 1.08. The molecule has 0 aliphatic rings. The Balaban J connectivity index is 0.000000185. The number of para-hydroxylation sites is 1. The van der Waals surface area contributed by atoms with E-state index in [1.165, 1.54) is 27.3 Å². The predicted molar refractivity (Wildman–Crippen MR) is 139 cm³/mol. The van der Waals surface area contributed by atoms with Crippen LogP contribution in [0.4, 0.5) is 5.69 Å². The highest BCUT2D eigenvalue weighted by atomic mass is 31.1. The first-order valence-corrected chi connectivity index (χ1v) is 11.4. The predicted octanol–water partition coefficient (Wildman–Crippen LogP) is 6.26. The highest BCUT2D eigenvalue weighted by Crippen LogP contribution is 2.18. The van der Waals surface area contributed by atoms with Gasteiger partial charge in [0.1, 0.15) is 0 Å². The van der Waals surface area contributed by atoms with Gasteiger partial charge in [0.15, 0.2) is 0 Å². The van der Waals surface area contributed by atoms with E-state index < -0.39 is 0 Å². The van der Waals surface area contributed by atoms with E-state index in [9.17, 15) is 0 Å². The van der Waals surface area contributed by atoms with E-state index >= 15 is 0 Å². The molecule has 0 saturated carbocycles. The SMILES string of the molecule is Cc1cccc(C)c1NC=NCc1ccccc1.c1ccc(Pc2ccccc2)cc1. The quantitative estimate of drug-likeness (QED) is 0.220. The molecule has 0 aliphatic carbocycles. The molecule has 0 radical (unpaired) electrons. The third-order valence-corrected chi connectivity index (χ3v) is 5.98. The van der Waals surface area contributed by atoms with Crippen molar-refractivity contribution in [3.8, 4) is 0 Å². The van der Waals surface area contributed by atoms with Crippen molar-refractivity contribution in [3.63, 3.8) is 0 Å². The van der Waals surface area contributed by atoms with E-state index in [0.29, 0.717) is 6.54 Å². The number of anilines is 1. The van der Waals surface area contributed by atoms with Crippen LogP contribution >= 0.6 is 8.58 Å². The van der Waals surface area contributed by atoms with Gasteiger partial charge < -0.3 is 5.32 Å². The van der Waals surface area contributed by atoms with Crippen molar-refractivity contribution in [1.82, 2.24) is 0 Å². The van der Waals surface area contributed by atoms with Gasteiger partial charge in [-0.05, 0) is 41.1 Å². The van der Waals surface area contributed by atoms with Crippen LogP contribution in [0.3, 0.4) is 0 Å². The molecule has 4 aromatic carbocycles. The normalized spacial score (nSPS) is 10.4. The fourth-order valence-electron chi connectivity index (χ4n) is 3.10. The van der Waals surface area contributed by atoms with E-state index in [1.54, 1.807) is 6.34 Å². The summed E-state index contributed by atoms with van der Waals surface area (Å²) in [6, 6.07) is 37.7. The molecule has 0 saturated heterocycles. The van der Waals surface area contributed by atoms with Gasteiger partial charge in [-0.2, -0.15) is 0 Å². The van der Waals surface area contributed by atoms with Crippen molar-refractivity contribution in [1.29, 1.82) is 0 Å².